The van der Waals surface area contributed by atoms with Crippen LogP contribution in [0.2, 0.25) is 0 Å². The van der Waals surface area contributed by atoms with Crippen molar-refractivity contribution in [3.05, 3.63) is 23.8 Å². The first kappa shape index (κ1) is 11.3. The van der Waals surface area contributed by atoms with Gasteiger partial charge in [0.2, 0.25) is 0 Å². The molecule has 5 heteroatoms. The highest BCUT2D eigenvalue weighted by Gasteiger charge is 2.17. The SMILES string of the molecule is COc1cc(C=O)ccc1OC1NCCS1. The monoisotopic (exact) mass is 239 g/mol. The minimum absolute atomic E-state index is 0.0315. The molecule has 1 saturated heterocycles. The maximum Gasteiger partial charge on any atom is 0.198 e. The number of rotatable bonds is 4. The Balaban J connectivity index is 2.15. The molecule has 16 heavy (non-hydrogen) atoms. The van der Waals surface area contributed by atoms with E-state index in [-0.39, 0.29) is 5.56 Å². The second-order valence-electron chi connectivity index (χ2n) is 3.30. The molecule has 1 fully saturated rings. The Hall–Kier alpha value is -1.20. The van der Waals surface area contributed by atoms with Gasteiger partial charge in [-0.05, 0) is 18.2 Å². The first-order valence-electron chi connectivity index (χ1n) is 4.98. The van der Waals surface area contributed by atoms with Gasteiger partial charge in [-0.3, -0.25) is 10.1 Å². The summed E-state index contributed by atoms with van der Waals surface area (Å²) in [6.07, 6.45) is 0.787. The summed E-state index contributed by atoms with van der Waals surface area (Å²) in [5, 5.41) is 3.20. The van der Waals surface area contributed by atoms with E-state index in [1.54, 1.807) is 37.1 Å². The van der Waals surface area contributed by atoms with Crippen LogP contribution >= 0.6 is 11.8 Å². The zero-order valence-corrected chi connectivity index (χ0v) is 9.75. The van der Waals surface area contributed by atoms with Crippen molar-refractivity contribution in [1.29, 1.82) is 0 Å². The maximum absolute atomic E-state index is 10.6. The molecule has 1 unspecified atom stereocenters. The molecular formula is C11H13NO3S. The van der Waals surface area contributed by atoms with E-state index >= 15 is 0 Å². The third kappa shape index (κ3) is 2.48. The standard InChI is InChI=1S/C11H13NO3S/c1-14-10-6-8(7-13)2-3-9(10)15-11-12-4-5-16-11/h2-3,6-7,11-12H,4-5H2,1H3. The van der Waals surface area contributed by atoms with Crippen LogP contribution in [0.5, 0.6) is 11.5 Å². The van der Waals surface area contributed by atoms with Gasteiger partial charge in [0.05, 0.1) is 7.11 Å². The van der Waals surface area contributed by atoms with Gasteiger partial charge >= 0.3 is 0 Å². The molecule has 0 aliphatic carbocycles. The highest BCUT2D eigenvalue weighted by Crippen LogP contribution is 2.30. The van der Waals surface area contributed by atoms with E-state index in [9.17, 15) is 4.79 Å². The Morgan fingerprint density at radius 2 is 2.38 bits per heavy atom. The van der Waals surface area contributed by atoms with Crippen LogP contribution in [0.1, 0.15) is 10.4 Å². The van der Waals surface area contributed by atoms with Gasteiger partial charge < -0.3 is 9.47 Å². The second kappa shape index (κ2) is 5.23. The Bertz CT molecular complexity index is 377. The predicted octanol–water partition coefficient (Wildman–Crippen LogP) is 1.51. The number of nitrogens with one attached hydrogen (secondary N) is 1. The van der Waals surface area contributed by atoms with E-state index in [2.05, 4.69) is 5.32 Å². The van der Waals surface area contributed by atoms with Crippen molar-refractivity contribution >= 4 is 18.0 Å². The fourth-order valence-electron chi connectivity index (χ4n) is 1.45. The van der Waals surface area contributed by atoms with Crippen molar-refractivity contribution in [2.75, 3.05) is 19.4 Å². The highest BCUT2D eigenvalue weighted by atomic mass is 32.2. The lowest BCUT2D eigenvalue weighted by Gasteiger charge is -2.15. The van der Waals surface area contributed by atoms with Gasteiger partial charge in [-0.15, -0.1) is 11.8 Å². The van der Waals surface area contributed by atoms with Crippen molar-refractivity contribution in [2.45, 2.75) is 5.56 Å². The molecule has 1 aliphatic heterocycles. The summed E-state index contributed by atoms with van der Waals surface area (Å²) in [4.78, 5) is 10.6. The number of benzene rings is 1. The van der Waals surface area contributed by atoms with Crippen molar-refractivity contribution < 1.29 is 14.3 Å². The molecule has 1 heterocycles. The van der Waals surface area contributed by atoms with E-state index in [1.807, 2.05) is 0 Å². The molecule has 86 valence electrons. The van der Waals surface area contributed by atoms with Crippen LogP contribution in [0.3, 0.4) is 0 Å². The zero-order valence-electron chi connectivity index (χ0n) is 8.93. The van der Waals surface area contributed by atoms with Gasteiger partial charge in [-0.25, -0.2) is 0 Å². The topological polar surface area (TPSA) is 47.6 Å². The van der Waals surface area contributed by atoms with Gasteiger partial charge in [-0.1, -0.05) is 0 Å². The smallest absolute Gasteiger partial charge is 0.198 e. The number of methoxy groups -OCH3 is 1. The average Bonchev–Trinajstić information content (AvgIpc) is 2.82. The Morgan fingerprint density at radius 3 is 3.00 bits per heavy atom. The lowest BCUT2D eigenvalue weighted by atomic mass is 10.2. The normalized spacial score (nSPS) is 19.4. The molecule has 0 radical (unpaired) electrons. The summed E-state index contributed by atoms with van der Waals surface area (Å²) in [5.74, 6) is 2.28. The van der Waals surface area contributed by atoms with E-state index < -0.39 is 0 Å². The van der Waals surface area contributed by atoms with Crippen molar-refractivity contribution in [3.8, 4) is 11.5 Å². The van der Waals surface area contributed by atoms with Crippen LogP contribution in [0.4, 0.5) is 0 Å². The Labute approximate surface area is 98.3 Å². The van der Waals surface area contributed by atoms with Crippen LogP contribution < -0.4 is 14.8 Å². The summed E-state index contributed by atoms with van der Waals surface area (Å²) in [7, 11) is 1.56. The van der Waals surface area contributed by atoms with Gasteiger partial charge in [-0.2, -0.15) is 0 Å². The first-order chi connectivity index (χ1) is 7.83. The number of carbonyl (C=O) groups is 1. The van der Waals surface area contributed by atoms with Crippen molar-refractivity contribution in [2.24, 2.45) is 0 Å². The molecule has 0 bridgehead atoms. The van der Waals surface area contributed by atoms with Crippen LogP contribution in [-0.4, -0.2) is 31.3 Å². The summed E-state index contributed by atoms with van der Waals surface area (Å²) >= 11 is 1.71. The van der Waals surface area contributed by atoms with Crippen LogP contribution in [0, 0.1) is 0 Å². The molecule has 1 aliphatic rings. The van der Waals surface area contributed by atoms with E-state index in [0.29, 0.717) is 17.1 Å². The van der Waals surface area contributed by atoms with E-state index in [1.165, 1.54) is 0 Å². The highest BCUT2D eigenvalue weighted by molar-refractivity contribution is 8.00. The molecule has 1 aromatic carbocycles. The molecule has 0 aromatic heterocycles. The van der Waals surface area contributed by atoms with Gasteiger partial charge in [0.15, 0.2) is 17.1 Å². The lowest BCUT2D eigenvalue weighted by molar-refractivity contribution is 0.112. The first-order valence-corrected chi connectivity index (χ1v) is 6.03. The fourth-order valence-corrected chi connectivity index (χ4v) is 2.30. The number of hydrogen-bond acceptors (Lipinski definition) is 5. The minimum atomic E-state index is -0.0315. The molecule has 1 N–H and O–H groups in total. The van der Waals surface area contributed by atoms with Crippen molar-refractivity contribution in [1.82, 2.24) is 5.32 Å². The number of hydrogen-bond donors (Lipinski definition) is 1. The molecule has 0 spiro atoms. The van der Waals surface area contributed by atoms with Gasteiger partial charge in [0.25, 0.3) is 0 Å². The zero-order chi connectivity index (χ0) is 11.4. The molecule has 2 rings (SSSR count). The van der Waals surface area contributed by atoms with E-state index in [0.717, 1.165) is 18.6 Å². The van der Waals surface area contributed by atoms with Crippen LogP contribution in [0.15, 0.2) is 18.2 Å². The second-order valence-corrected chi connectivity index (χ2v) is 4.47. The molecule has 4 nitrogen and oxygen atoms in total. The van der Waals surface area contributed by atoms with Gasteiger partial charge in [0.1, 0.15) is 6.29 Å². The Morgan fingerprint density at radius 1 is 1.50 bits per heavy atom. The fraction of sp³-hybridized carbons (Fsp3) is 0.364. The molecule has 0 saturated carbocycles. The van der Waals surface area contributed by atoms with E-state index in [4.69, 9.17) is 9.47 Å². The number of thioether (sulfide) groups is 1. The quantitative estimate of drug-likeness (QED) is 0.807. The lowest BCUT2D eigenvalue weighted by Crippen LogP contribution is -2.25. The molecule has 0 amide bonds. The number of carbonyl (C=O) groups excluding carboxylic acids is 1. The molecule has 1 atom stereocenters. The minimum Gasteiger partial charge on any atom is -0.493 e. The molecule has 1 aromatic rings. The largest absolute Gasteiger partial charge is 0.493 e. The predicted molar refractivity (Wildman–Crippen MR) is 63.3 cm³/mol. The van der Waals surface area contributed by atoms with Gasteiger partial charge in [0, 0.05) is 17.9 Å². The summed E-state index contributed by atoms with van der Waals surface area (Å²) < 4.78 is 10.9. The number of ether oxygens (including phenoxy) is 2. The summed E-state index contributed by atoms with van der Waals surface area (Å²) in [6.45, 7) is 0.948. The molecular weight excluding hydrogens is 226 g/mol. The van der Waals surface area contributed by atoms with Crippen molar-refractivity contribution in [3.63, 3.8) is 0 Å². The Kier molecular flexibility index (Phi) is 3.69. The summed E-state index contributed by atoms with van der Waals surface area (Å²) in [5.41, 5.74) is 0.548. The third-order valence-electron chi connectivity index (χ3n) is 2.24. The van der Waals surface area contributed by atoms with Crippen LogP contribution in [0.25, 0.3) is 0 Å². The third-order valence-corrected chi connectivity index (χ3v) is 3.25. The number of aldehydes is 1. The maximum atomic E-state index is 10.6. The summed E-state index contributed by atoms with van der Waals surface area (Å²) in [6, 6.07) is 5.13. The van der Waals surface area contributed by atoms with Crippen LogP contribution in [-0.2, 0) is 0 Å². The average molecular weight is 239 g/mol.